The molecule has 0 radical (unpaired) electrons. The molecule has 8 atom stereocenters. The lowest BCUT2D eigenvalue weighted by Gasteiger charge is -2.32. The predicted molar refractivity (Wildman–Crippen MR) is 223 cm³/mol. The molecule has 1 aromatic heterocycles. The van der Waals surface area contributed by atoms with Crippen LogP contribution in [0, 0.1) is 11.8 Å². The number of hydrogen-bond donors (Lipinski definition) is 9. The average Bonchev–Trinajstić information content (AvgIpc) is 3.61. The van der Waals surface area contributed by atoms with Crippen molar-refractivity contribution in [3.63, 3.8) is 0 Å². The number of hydrogen-bond acceptors (Lipinski definition) is 10. The van der Waals surface area contributed by atoms with Gasteiger partial charge in [0.25, 0.3) is 0 Å². The van der Waals surface area contributed by atoms with Crippen LogP contribution in [0.1, 0.15) is 78.2 Å². The zero-order valence-electron chi connectivity index (χ0n) is 34.3. The van der Waals surface area contributed by atoms with Crippen LogP contribution < -0.4 is 38.1 Å². The molecule has 1 aromatic carbocycles. The molecule has 1 aliphatic rings. The number of nitrogens with zero attached hydrogens (tertiary/aromatic N) is 1. The van der Waals surface area contributed by atoms with E-state index in [9.17, 15) is 38.7 Å². The molecule has 1 aliphatic heterocycles. The summed E-state index contributed by atoms with van der Waals surface area (Å²) in [7, 11) is 1.51. The third kappa shape index (κ3) is 13.7. The molecule has 17 nitrogen and oxygen atoms in total. The number of aromatic nitrogens is 1. The Morgan fingerprint density at radius 2 is 1.50 bits per heavy atom. The number of carbonyl (C=O) groups is 7. The number of likely N-dealkylation sites (N-methyl/N-ethyl adjacent to an activating group) is 1. The Bertz CT molecular complexity index is 1720. The number of benzene rings is 1. The fraction of sp³-hybridized carbons (Fsp3) is 0.625. The first-order valence-corrected chi connectivity index (χ1v) is 21.3. The van der Waals surface area contributed by atoms with E-state index >= 15 is 0 Å². The summed E-state index contributed by atoms with van der Waals surface area (Å²) in [5, 5.41) is 24.7. The van der Waals surface area contributed by atoms with E-state index in [0.717, 1.165) is 16.5 Å². The third-order valence-electron chi connectivity index (χ3n) is 10.9. The van der Waals surface area contributed by atoms with Gasteiger partial charge in [0.2, 0.25) is 41.4 Å². The molecule has 58 heavy (non-hydrogen) atoms. The molecule has 11 N–H and O–H groups in total. The Balaban J connectivity index is 2.04. The van der Waals surface area contributed by atoms with E-state index < -0.39 is 95.9 Å². The lowest BCUT2D eigenvalue weighted by molar-refractivity contribution is -0.139. The van der Waals surface area contributed by atoms with Crippen molar-refractivity contribution in [2.75, 3.05) is 31.7 Å². The van der Waals surface area contributed by atoms with Crippen LogP contribution in [0.15, 0.2) is 30.5 Å². The second-order valence-electron chi connectivity index (χ2n) is 15.1. The smallest absolute Gasteiger partial charge is 0.245 e. The number of nitrogens with one attached hydrogen (secondary N) is 6. The van der Waals surface area contributed by atoms with Gasteiger partial charge >= 0.3 is 0 Å². The number of amides is 7. The van der Waals surface area contributed by atoms with Crippen molar-refractivity contribution in [2.24, 2.45) is 23.3 Å². The quantitative estimate of drug-likeness (QED) is 0.125. The van der Waals surface area contributed by atoms with Crippen molar-refractivity contribution in [3.05, 3.63) is 36.0 Å². The topological polar surface area (TPSA) is 271 Å². The number of rotatable bonds is 14. The highest BCUT2D eigenvalue weighted by Crippen LogP contribution is 2.21. The number of aliphatic hydroxyl groups is 1. The molecular weight excluding hydrogens is 767 g/mol. The zero-order valence-corrected chi connectivity index (χ0v) is 35.1. The monoisotopic (exact) mass is 829 g/mol. The Morgan fingerprint density at radius 1 is 0.879 bits per heavy atom. The molecule has 322 valence electrons. The van der Waals surface area contributed by atoms with Crippen LogP contribution in [0.2, 0.25) is 0 Å². The Morgan fingerprint density at radius 3 is 2.12 bits per heavy atom. The number of nitrogens with two attached hydrogens (primary N) is 2. The fourth-order valence-corrected chi connectivity index (χ4v) is 7.69. The van der Waals surface area contributed by atoms with Crippen LogP contribution in [-0.2, 0) is 40.0 Å². The van der Waals surface area contributed by atoms with Gasteiger partial charge in [-0.1, -0.05) is 58.7 Å². The lowest BCUT2D eigenvalue weighted by Crippen LogP contribution is -2.62. The molecular formula is C40H63N9O8S. The Hall–Kier alpha value is -4.68. The first-order valence-electron chi connectivity index (χ1n) is 20.1. The third-order valence-corrected chi connectivity index (χ3v) is 11.9. The molecule has 8 unspecified atom stereocenters. The van der Waals surface area contributed by atoms with Gasteiger partial charge in [-0.25, -0.2) is 0 Å². The second kappa shape index (κ2) is 23.7. The summed E-state index contributed by atoms with van der Waals surface area (Å²) in [6, 6.07) is 0.972. The van der Waals surface area contributed by atoms with E-state index in [1.807, 2.05) is 38.1 Å². The van der Waals surface area contributed by atoms with Gasteiger partial charge < -0.3 is 53.0 Å². The highest BCUT2D eigenvalue weighted by atomic mass is 32.2. The van der Waals surface area contributed by atoms with Crippen LogP contribution in [0.4, 0.5) is 0 Å². The normalized spacial score (nSPS) is 23.6. The number of carbonyl (C=O) groups excluding carboxylic acids is 7. The number of aromatic amines is 1. The minimum atomic E-state index is -1.50. The molecule has 1 saturated heterocycles. The van der Waals surface area contributed by atoms with Crippen LogP contribution in [-0.4, -0.2) is 124 Å². The van der Waals surface area contributed by atoms with Crippen molar-refractivity contribution in [1.82, 2.24) is 36.5 Å². The largest absolute Gasteiger partial charge is 0.394 e. The van der Waals surface area contributed by atoms with Crippen molar-refractivity contribution >= 4 is 64.0 Å². The molecule has 0 spiro atoms. The van der Waals surface area contributed by atoms with Crippen molar-refractivity contribution < 1.29 is 38.7 Å². The Labute approximate surface area is 344 Å². The van der Waals surface area contributed by atoms with Gasteiger partial charge in [0.15, 0.2) is 0 Å². The van der Waals surface area contributed by atoms with Gasteiger partial charge in [-0.2, -0.15) is 11.8 Å². The van der Waals surface area contributed by atoms with E-state index in [2.05, 4.69) is 31.6 Å². The number of fused-ring (bicyclic) bond motifs is 1. The van der Waals surface area contributed by atoms with Gasteiger partial charge in [-0.15, -0.1) is 0 Å². The molecule has 2 heterocycles. The number of thioether (sulfide) groups is 1. The summed E-state index contributed by atoms with van der Waals surface area (Å²) in [4.78, 5) is 100. The minimum absolute atomic E-state index is 0.0253. The molecule has 18 heteroatoms. The first-order chi connectivity index (χ1) is 27.6. The second-order valence-corrected chi connectivity index (χ2v) is 16.3. The number of primary amides is 1. The minimum Gasteiger partial charge on any atom is -0.394 e. The highest BCUT2D eigenvalue weighted by Gasteiger charge is 2.37. The van der Waals surface area contributed by atoms with Gasteiger partial charge in [-0.3, -0.25) is 33.6 Å². The molecule has 0 bridgehead atoms. The van der Waals surface area contributed by atoms with Gasteiger partial charge in [0, 0.05) is 42.7 Å². The van der Waals surface area contributed by atoms with E-state index in [1.54, 1.807) is 20.0 Å². The molecule has 0 saturated carbocycles. The van der Waals surface area contributed by atoms with Crippen LogP contribution >= 0.6 is 11.8 Å². The van der Waals surface area contributed by atoms with E-state index in [4.69, 9.17) is 11.5 Å². The summed E-state index contributed by atoms with van der Waals surface area (Å²) >= 11 is 1.35. The van der Waals surface area contributed by atoms with E-state index in [1.165, 1.54) is 23.7 Å². The van der Waals surface area contributed by atoms with Crippen molar-refractivity contribution in [2.45, 2.75) is 115 Å². The number of para-hydroxylation sites is 1. The molecule has 7 amide bonds. The number of H-pyrrole nitrogens is 1. The lowest BCUT2D eigenvalue weighted by atomic mass is 9.94. The van der Waals surface area contributed by atoms with E-state index in [-0.39, 0.29) is 25.9 Å². The van der Waals surface area contributed by atoms with Crippen LogP contribution in [0.25, 0.3) is 10.9 Å². The maximum Gasteiger partial charge on any atom is 0.245 e. The van der Waals surface area contributed by atoms with Gasteiger partial charge in [-0.05, 0) is 55.0 Å². The van der Waals surface area contributed by atoms with Crippen molar-refractivity contribution in [3.8, 4) is 0 Å². The van der Waals surface area contributed by atoms with Crippen LogP contribution in [0.5, 0.6) is 0 Å². The summed E-state index contributed by atoms with van der Waals surface area (Å²) in [6.45, 7) is 7.21. The maximum atomic E-state index is 14.1. The summed E-state index contributed by atoms with van der Waals surface area (Å²) in [6.07, 6.45) is 3.31. The SMILES string of the molecule is CCC(C)C1NC(=O)C(Cc2c[nH]c3ccccc23)NC(=O)CCSCCC(C(=O)N(C)C(CO)CCCN)NC(=O)C(CC(N)=O)NC(=O)C(C(C)CC)NC1=O. The van der Waals surface area contributed by atoms with Gasteiger partial charge in [0.1, 0.15) is 30.2 Å². The number of aliphatic hydroxyl groups excluding tert-OH is 1. The maximum absolute atomic E-state index is 14.1. The summed E-state index contributed by atoms with van der Waals surface area (Å²) in [5.41, 5.74) is 12.8. The highest BCUT2D eigenvalue weighted by molar-refractivity contribution is 7.99. The van der Waals surface area contributed by atoms with Gasteiger partial charge in [0.05, 0.1) is 19.1 Å². The standard InChI is InChI=1S/C40H63N9O8S/c1-6-23(3)34-38(55)46-31(20-32(42)51)36(53)45-29(40(57)49(5)26(22-50)11-10-16-41)14-17-58-18-15-33(52)44-30(19-25-21-43-28-13-9-8-12-27(25)28)37(54)47-35(24(4)7-2)39(56)48-34/h8-9,12-13,21,23-24,26,29-31,34-35,43,50H,6-7,10-11,14-20,22,41H2,1-5H3,(H2,42,51)(H,44,52)(H,45,53)(H,46,55)(H,47,54)(H,48,56). The molecule has 0 aliphatic carbocycles. The predicted octanol–water partition coefficient (Wildman–Crippen LogP) is 0.187. The first kappa shape index (κ1) is 47.7. The van der Waals surface area contributed by atoms with Crippen molar-refractivity contribution in [1.29, 1.82) is 0 Å². The summed E-state index contributed by atoms with van der Waals surface area (Å²) in [5.74, 6) is -4.90. The fourth-order valence-electron chi connectivity index (χ4n) is 6.75. The summed E-state index contributed by atoms with van der Waals surface area (Å²) < 4.78 is 0. The molecule has 3 rings (SSSR count). The van der Waals surface area contributed by atoms with Crippen LogP contribution in [0.3, 0.4) is 0 Å². The Kier molecular flexibility index (Phi) is 19.5. The van der Waals surface area contributed by atoms with E-state index in [0.29, 0.717) is 43.7 Å². The molecule has 2 aromatic rings. The average molecular weight is 830 g/mol. The molecule has 1 fully saturated rings. The zero-order chi connectivity index (χ0) is 42.9.